The van der Waals surface area contributed by atoms with Gasteiger partial charge in [-0.1, -0.05) is 0 Å². The van der Waals surface area contributed by atoms with E-state index < -0.39 is 20.3 Å². The van der Waals surface area contributed by atoms with Crippen LogP contribution in [0.4, 0.5) is 0 Å². The second-order valence-corrected chi connectivity index (χ2v) is 6.19. The van der Waals surface area contributed by atoms with Crippen LogP contribution in [0, 0.1) is 0 Å². The molecule has 0 aromatic rings. The number of aliphatic hydroxyl groups is 1. The van der Waals surface area contributed by atoms with Crippen LogP contribution in [0.25, 0.3) is 0 Å². The molecule has 0 radical (unpaired) electrons. The first-order valence-electron chi connectivity index (χ1n) is 2.30. The molecule has 0 heterocycles. The van der Waals surface area contributed by atoms with Crippen molar-refractivity contribution in [2.24, 2.45) is 0 Å². The Kier molecular flexibility index (Phi) is 5.80. The Morgan fingerprint density at radius 2 is 1.33 bits per heavy atom. The molecule has 2 atom stereocenters. The SMILES string of the molecule is CC(O)(P(=O)([O-])O)P(=O)([O-])O.[Ca+2]. The minimum Gasteiger partial charge on any atom is -0.776 e. The number of hydrogen-bond acceptors (Lipinski definition) is 5. The molecule has 12 heavy (non-hydrogen) atoms. The van der Waals surface area contributed by atoms with Gasteiger partial charge in [0.05, 0.1) is 0 Å². The van der Waals surface area contributed by atoms with E-state index in [4.69, 9.17) is 14.9 Å². The first-order chi connectivity index (χ1) is 4.50. The third-order valence-electron chi connectivity index (χ3n) is 1.07. The first-order valence-corrected chi connectivity index (χ1v) is 5.46. The predicted octanol–water partition coefficient (Wildman–Crippen LogP) is -2.64. The molecule has 0 saturated carbocycles. The van der Waals surface area contributed by atoms with Gasteiger partial charge in [-0.3, -0.25) is 0 Å². The minimum absolute atomic E-state index is 0. The van der Waals surface area contributed by atoms with Crippen LogP contribution in [-0.4, -0.2) is 57.7 Å². The van der Waals surface area contributed by atoms with E-state index in [1.165, 1.54) is 0 Å². The summed E-state index contributed by atoms with van der Waals surface area (Å²) in [7, 11) is -11.0. The molecule has 0 aromatic carbocycles. The molecule has 0 aliphatic rings. The van der Waals surface area contributed by atoms with Crippen molar-refractivity contribution in [2.75, 3.05) is 0 Å². The van der Waals surface area contributed by atoms with Gasteiger partial charge >= 0.3 is 37.7 Å². The van der Waals surface area contributed by atoms with Crippen molar-refractivity contribution in [3.8, 4) is 0 Å². The van der Waals surface area contributed by atoms with Gasteiger partial charge in [-0.05, 0) is 6.92 Å². The maximum absolute atomic E-state index is 10.1. The minimum atomic E-state index is -5.51. The van der Waals surface area contributed by atoms with E-state index in [-0.39, 0.29) is 44.7 Å². The molecule has 0 aliphatic heterocycles. The van der Waals surface area contributed by atoms with Crippen molar-refractivity contribution in [3.05, 3.63) is 0 Å². The van der Waals surface area contributed by atoms with E-state index >= 15 is 0 Å². The molecular weight excluding hydrogens is 238 g/mol. The zero-order valence-electron chi connectivity index (χ0n) is 6.08. The van der Waals surface area contributed by atoms with Crippen LogP contribution < -0.4 is 9.79 Å². The summed E-state index contributed by atoms with van der Waals surface area (Å²) in [6.45, 7) is 0.258. The van der Waals surface area contributed by atoms with Gasteiger partial charge in [-0.25, -0.2) is 0 Å². The topological polar surface area (TPSA) is 141 Å². The van der Waals surface area contributed by atoms with Crippen molar-refractivity contribution >= 4 is 52.9 Å². The zero-order chi connectivity index (χ0) is 9.50. The van der Waals surface area contributed by atoms with E-state index in [0.717, 1.165) is 0 Å². The van der Waals surface area contributed by atoms with Gasteiger partial charge < -0.3 is 33.8 Å². The maximum Gasteiger partial charge on any atom is 2.00 e. The summed E-state index contributed by atoms with van der Waals surface area (Å²) in [6.07, 6.45) is 0. The molecule has 0 rings (SSSR count). The Labute approximate surface area is 98.1 Å². The Morgan fingerprint density at radius 1 is 1.17 bits per heavy atom. The van der Waals surface area contributed by atoms with Crippen molar-refractivity contribution in [3.63, 3.8) is 0 Å². The Hall–Kier alpha value is 1.52. The molecule has 0 fully saturated rings. The van der Waals surface area contributed by atoms with Gasteiger partial charge in [0.1, 0.15) is 0 Å². The fraction of sp³-hybridized carbons (Fsp3) is 1.00. The van der Waals surface area contributed by atoms with Gasteiger partial charge in [0.15, 0.2) is 20.3 Å². The van der Waals surface area contributed by atoms with E-state index in [1.54, 1.807) is 0 Å². The standard InChI is InChI=1S/C2H8O7P2.Ca/c1-2(3,10(4,5)6)11(7,8)9;/h3H,1H3,(H2,4,5,6)(H2,7,8,9);/q;+2/p-2. The van der Waals surface area contributed by atoms with Crippen LogP contribution in [-0.2, 0) is 9.13 Å². The summed E-state index contributed by atoms with van der Waals surface area (Å²) in [6, 6.07) is 0. The molecule has 0 aromatic heterocycles. The molecule has 68 valence electrons. The normalized spacial score (nSPS) is 25.8. The van der Waals surface area contributed by atoms with Gasteiger partial charge in [0.25, 0.3) is 0 Å². The Bertz CT molecular complexity index is 212. The fourth-order valence-corrected chi connectivity index (χ4v) is 1.44. The molecule has 0 spiro atoms. The smallest absolute Gasteiger partial charge is 0.776 e. The predicted molar refractivity (Wildman–Crippen MR) is 36.0 cm³/mol. The van der Waals surface area contributed by atoms with Crippen molar-refractivity contribution in [1.29, 1.82) is 0 Å². The van der Waals surface area contributed by atoms with Crippen molar-refractivity contribution in [2.45, 2.75) is 12.0 Å². The number of rotatable bonds is 2. The number of hydrogen-bond donors (Lipinski definition) is 3. The largest absolute Gasteiger partial charge is 2.00 e. The van der Waals surface area contributed by atoms with Crippen molar-refractivity contribution in [1.82, 2.24) is 0 Å². The fourth-order valence-electron chi connectivity index (χ4n) is 0.160. The van der Waals surface area contributed by atoms with Crippen LogP contribution in [0.2, 0.25) is 0 Å². The monoisotopic (exact) mass is 244 g/mol. The molecule has 0 aliphatic carbocycles. The van der Waals surface area contributed by atoms with Gasteiger partial charge in [0, 0.05) is 0 Å². The van der Waals surface area contributed by atoms with E-state index in [1.807, 2.05) is 0 Å². The van der Waals surface area contributed by atoms with Crippen LogP contribution in [0.1, 0.15) is 6.92 Å². The maximum atomic E-state index is 10.1. The molecule has 2 unspecified atom stereocenters. The summed E-state index contributed by atoms with van der Waals surface area (Å²) < 4.78 is 20.2. The summed E-state index contributed by atoms with van der Waals surface area (Å²) in [5, 5.41) is 5.02. The molecule has 0 bridgehead atoms. The second-order valence-electron chi connectivity index (χ2n) is 2.01. The third kappa shape index (κ3) is 3.35. The summed E-state index contributed by atoms with van der Waals surface area (Å²) in [5.41, 5.74) is 0. The molecule has 0 amide bonds. The average Bonchev–Trinajstić information content (AvgIpc) is 1.58. The van der Waals surface area contributed by atoms with Crippen LogP contribution >= 0.6 is 15.2 Å². The Morgan fingerprint density at radius 3 is 1.33 bits per heavy atom. The molecular formula is C2H6CaO7P2. The third-order valence-corrected chi connectivity index (χ3v) is 4.73. The van der Waals surface area contributed by atoms with Crippen LogP contribution in [0.5, 0.6) is 0 Å². The zero-order valence-corrected chi connectivity index (χ0v) is 10.1. The average molecular weight is 244 g/mol. The van der Waals surface area contributed by atoms with Gasteiger partial charge in [-0.15, -0.1) is 0 Å². The van der Waals surface area contributed by atoms with Crippen LogP contribution in [0.3, 0.4) is 0 Å². The van der Waals surface area contributed by atoms with Crippen LogP contribution in [0.15, 0.2) is 0 Å². The quantitative estimate of drug-likeness (QED) is 0.356. The van der Waals surface area contributed by atoms with E-state index in [2.05, 4.69) is 0 Å². The van der Waals surface area contributed by atoms with Gasteiger partial charge in [0.2, 0.25) is 0 Å². The molecule has 7 nitrogen and oxygen atoms in total. The summed E-state index contributed by atoms with van der Waals surface area (Å²) >= 11 is 0. The molecule has 0 saturated heterocycles. The second kappa shape index (κ2) is 4.36. The molecule has 3 N–H and O–H groups in total. The van der Waals surface area contributed by atoms with E-state index in [0.29, 0.717) is 0 Å². The molecule has 10 heteroatoms. The summed E-state index contributed by atoms with van der Waals surface area (Å²) in [4.78, 5) is 36.4. The van der Waals surface area contributed by atoms with Crippen molar-refractivity contribution < 1.29 is 33.8 Å². The van der Waals surface area contributed by atoms with Gasteiger partial charge in [-0.2, -0.15) is 0 Å². The summed E-state index contributed by atoms with van der Waals surface area (Å²) in [5.74, 6) is 0. The first kappa shape index (κ1) is 16.0. The Balaban J connectivity index is 0. The van der Waals surface area contributed by atoms with E-state index in [9.17, 15) is 18.9 Å².